The summed E-state index contributed by atoms with van der Waals surface area (Å²) in [5.41, 5.74) is 2.01. The number of aromatic nitrogens is 1. The first kappa shape index (κ1) is 9.46. The highest BCUT2D eigenvalue weighted by Gasteiger charge is 1.84. The summed E-state index contributed by atoms with van der Waals surface area (Å²) >= 11 is 0. The predicted octanol–water partition coefficient (Wildman–Crippen LogP) is 3.40. The average Bonchev–Trinajstić information content (AvgIpc) is 2.79. The number of hydrogen-bond acceptors (Lipinski definition) is 2. The summed E-state index contributed by atoms with van der Waals surface area (Å²) in [5.74, 6) is 0. The maximum Gasteiger partial charge on any atom is 0.0974 e. The fourth-order valence-electron chi connectivity index (χ4n) is 1.17. The number of nitrogens with zero attached hydrogens (tertiary/aromatic N) is 1. The molecule has 0 unspecified atom stereocenters. The molecule has 0 saturated heterocycles. The minimum absolute atomic E-state index is 0.953. The van der Waals surface area contributed by atoms with Gasteiger partial charge in [-0.2, -0.15) is 0 Å². The van der Waals surface area contributed by atoms with Crippen LogP contribution in [0, 0.1) is 0 Å². The van der Waals surface area contributed by atoms with Crippen LogP contribution in [0.5, 0.6) is 0 Å². The predicted molar refractivity (Wildman–Crippen MR) is 61.0 cm³/mol. The summed E-state index contributed by atoms with van der Waals surface area (Å²) in [7, 11) is 0. The zero-order chi connectivity index (χ0) is 10.3. The Labute approximate surface area is 88.6 Å². The molecular formula is C13H11NO. The molecule has 0 N–H and O–H groups in total. The van der Waals surface area contributed by atoms with Crippen molar-refractivity contribution in [3.8, 4) is 0 Å². The number of pyridine rings is 1. The van der Waals surface area contributed by atoms with Gasteiger partial charge in [-0.05, 0) is 24.3 Å². The van der Waals surface area contributed by atoms with Crippen LogP contribution in [0.25, 0.3) is 12.2 Å². The summed E-state index contributed by atoms with van der Waals surface area (Å²) in [6.45, 7) is 0. The minimum atomic E-state index is 0.953. The van der Waals surface area contributed by atoms with E-state index in [-0.39, 0.29) is 0 Å². The van der Waals surface area contributed by atoms with Gasteiger partial charge in [0.25, 0.3) is 0 Å². The molecule has 2 heteroatoms. The summed E-state index contributed by atoms with van der Waals surface area (Å²) in [6.07, 6.45) is 13.0. The molecular weight excluding hydrogens is 186 g/mol. The molecule has 0 aromatic carbocycles. The van der Waals surface area contributed by atoms with Crippen molar-refractivity contribution < 1.29 is 4.42 Å². The van der Waals surface area contributed by atoms with Gasteiger partial charge in [0, 0.05) is 11.8 Å². The second-order valence-corrected chi connectivity index (χ2v) is 3.03. The minimum Gasteiger partial charge on any atom is -0.472 e. The molecule has 2 rings (SSSR count). The third kappa shape index (κ3) is 2.95. The normalized spacial score (nSPS) is 11.5. The standard InChI is InChI=1S/C13H11NO/c1(5-12-8-10-15-11-12)2-6-13-7-3-4-9-14-13/h1-11H/b5-1+,6-2+. The van der Waals surface area contributed by atoms with Gasteiger partial charge in [-0.1, -0.05) is 24.3 Å². The van der Waals surface area contributed by atoms with Crippen LogP contribution in [0.2, 0.25) is 0 Å². The van der Waals surface area contributed by atoms with E-state index in [4.69, 9.17) is 4.42 Å². The molecule has 2 aromatic heterocycles. The van der Waals surface area contributed by atoms with E-state index in [1.165, 1.54) is 0 Å². The molecule has 2 aromatic rings. The van der Waals surface area contributed by atoms with Gasteiger partial charge in [-0.25, -0.2) is 0 Å². The first-order valence-electron chi connectivity index (χ1n) is 4.73. The molecule has 0 spiro atoms. The Kier molecular flexibility index (Phi) is 3.13. The first-order chi connectivity index (χ1) is 7.45. The summed E-state index contributed by atoms with van der Waals surface area (Å²) < 4.78 is 4.94. The molecule has 2 nitrogen and oxygen atoms in total. The van der Waals surface area contributed by atoms with E-state index in [1.54, 1.807) is 18.7 Å². The van der Waals surface area contributed by atoms with Gasteiger partial charge in [0.15, 0.2) is 0 Å². The van der Waals surface area contributed by atoms with Crippen molar-refractivity contribution in [1.82, 2.24) is 4.98 Å². The lowest BCUT2D eigenvalue weighted by atomic mass is 10.3. The van der Waals surface area contributed by atoms with Crippen molar-refractivity contribution in [3.05, 3.63) is 66.4 Å². The molecule has 0 saturated carbocycles. The van der Waals surface area contributed by atoms with Gasteiger partial charge in [0.1, 0.15) is 0 Å². The Bertz CT molecular complexity index is 441. The number of rotatable bonds is 3. The summed E-state index contributed by atoms with van der Waals surface area (Å²) in [6, 6.07) is 7.73. The third-order valence-electron chi connectivity index (χ3n) is 1.90. The highest BCUT2D eigenvalue weighted by Crippen LogP contribution is 2.03. The summed E-state index contributed by atoms with van der Waals surface area (Å²) in [4.78, 5) is 4.17. The molecule has 0 radical (unpaired) electrons. The van der Waals surface area contributed by atoms with Gasteiger partial charge < -0.3 is 4.42 Å². The average molecular weight is 197 g/mol. The van der Waals surface area contributed by atoms with Crippen molar-refractivity contribution in [2.24, 2.45) is 0 Å². The van der Waals surface area contributed by atoms with E-state index in [0.29, 0.717) is 0 Å². The van der Waals surface area contributed by atoms with Gasteiger partial charge in [-0.15, -0.1) is 0 Å². The van der Waals surface area contributed by atoms with E-state index in [2.05, 4.69) is 4.98 Å². The fourth-order valence-corrected chi connectivity index (χ4v) is 1.17. The molecule has 74 valence electrons. The van der Waals surface area contributed by atoms with Crippen molar-refractivity contribution >= 4 is 12.2 Å². The van der Waals surface area contributed by atoms with Crippen LogP contribution in [0.15, 0.2) is 59.6 Å². The molecule has 15 heavy (non-hydrogen) atoms. The molecule has 0 aliphatic carbocycles. The van der Waals surface area contributed by atoms with E-state index in [9.17, 15) is 0 Å². The van der Waals surface area contributed by atoms with E-state index in [1.807, 2.05) is 48.6 Å². The highest BCUT2D eigenvalue weighted by molar-refractivity contribution is 5.54. The van der Waals surface area contributed by atoms with Gasteiger partial charge in [-0.3, -0.25) is 4.98 Å². The lowest BCUT2D eigenvalue weighted by molar-refractivity contribution is 0.567. The lowest BCUT2D eigenvalue weighted by Gasteiger charge is -1.87. The molecule has 0 aliphatic heterocycles. The molecule has 0 fully saturated rings. The Hall–Kier alpha value is -2.09. The number of hydrogen-bond donors (Lipinski definition) is 0. The number of furan rings is 1. The van der Waals surface area contributed by atoms with Crippen molar-refractivity contribution in [2.45, 2.75) is 0 Å². The van der Waals surface area contributed by atoms with Gasteiger partial charge in [0.2, 0.25) is 0 Å². The van der Waals surface area contributed by atoms with Crippen molar-refractivity contribution in [1.29, 1.82) is 0 Å². The highest BCUT2D eigenvalue weighted by atomic mass is 16.3. The van der Waals surface area contributed by atoms with Crippen LogP contribution in [0.4, 0.5) is 0 Å². The van der Waals surface area contributed by atoms with Crippen LogP contribution in [-0.4, -0.2) is 4.98 Å². The lowest BCUT2D eigenvalue weighted by Crippen LogP contribution is -1.74. The van der Waals surface area contributed by atoms with Gasteiger partial charge in [0.05, 0.1) is 18.2 Å². The van der Waals surface area contributed by atoms with Crippen molar-refractivity contribution in [3.63, 3.8) is 0 Å². The maximum absolute atomic E-state index is 4.94. The van der Waals surface area contributed by atoms with Crippen LogP contribution in [0.1, 0.15) is 11.3 Å². The zero-order valence-electron chi connectivity index (χ0n) is 8.21. The topological polar surface area (TPSA) is 26.0 Å². The van der Waals surface area contributed by atoms with Crippen LogP contribution >= 0.6 is 0 Å². The maximum atomic E-state index is 4.94. The Balaban J connectivity index is 1.96. The van der Waals surface area contributed by atoms with Crippen molar-refractivity contribution in [2.75, 3.05) is 0 Å². The fraction of sp³-hybridized carbons (Fsp3) is 0. The first-order valence-corrected chi connectivity index (χ1v) is 4.73. The SMILES string of the molecule is C(/C=C/c1ccccn1)=C\c1ccoc1. The second-order valence-electron chi connectivity index (χ2n) is 3.03. The van der Waals surface area contributed by atoms with Crippen LogP contribution < -0.4 is 0 Å². The van der Waals surface area contributed by atoms with E-state index >= 15 is 0 Å². The van der Waals surface area contributed by atoms with Crippen LogP contribution in [0.3, 0.4) is 0 Å². The molecule has 2 heterocycles. The largest absolute Gasteiger partial charge is 0.472 e. The molecule has 0 bridgehead atoms. The second kappa shape index (κ2) is 4.96. The van der Waals surface area contributed by atoms with Crippen LogP contribution in [-0.2, 0) is 0 Å². The Morgan fingerprint density at radius 2 is 2.00 bits per heavy atom. The summed E-state index contributed by atoms with van der Waals surface area (Å²) in [5, 5.41) is 0. The van der Waals surface area contributed by atoms with E-state index < -0.39 is 0 Å². The molecule has 0 aliphatic rings. The quantitative estimate of drug-likeness (QED) is 0.705. The monoisotopic (exact) mass is 197 g/mol. The molecule has 0 amide bonds. The Morgan fingerprint density at radius 1 is 1.07 bits per heavy atom. The smallest absolute Gasteiger partial charge is 0.0974 e. The zero-order valence-corrected chi connectivity index (χ0v) is 8.21. The van der Waals surface area contributed by atoms with Gasteiger partial charge >= 0.3 is 0 Å². The van der Waals surface area contributed by atoms with E-state index in [0.717, 1.165) is 11.3 Å². The number of allylic oxidation sites excluding steroid dienone is 2. The molecule has 0 atom stereocenters. The third-order valence-corrected chi connectivity index (χ3v) is 1.90. The Morgan fingerprint density at radius 3 is 2.73 bits per heavy atom.